The number of aromatic amines is 1. The average molecular weight is 339 g/mol. The number of nitrogens with zero attached hydrogens (tertiary/aromatic N) is 6. The van der Waals surface area contributed by atoms with E-state index in [0.29, 0.717) is 6.54 Å². The molecule has 1 N–H and O–H groups in total. The zero-order valence-electron chi connectivity index (χ0n) is 13.5. The molecule has 1 aromatic carbocycles. The second-order valence-electron chi connectivity index (χ2n) is 6.02. The summed E-state index contributed by atoms with van der Waals surface area (Å²) in [7, 11) is 0. The fourth-order valence-corrected chi connectivity index (χ4v) is 3.15. The topological polar surface area (TPSA) is 104 Å². The number of piperazine rings is 1. The van der Waals surface area contributed by atoms with Gasteiger partial charge in [-0.25, -0.2) is 9.97 Å². The number of nitro benzene ring substituents is 1. The minimum absolute atomic E-state index is 0.138. The van der Waals surface area contributed by atoms with Gasteiger partial charge in [0.1, 0.15) is 12.1 Å². The van der Waals surface area contributed by atoms with Gasteiger partial charge in [0.2, 0.25) is 0 Å². The Labute approximate surface area is 143 Å². The third kappa shape index (κ3) is 3.13. The van der Waals surface area contributed by atoms with Crippen molar-refractivity contribution in [2.45, 2.75) is 6.54 Å². The molecule has 2 aromatic heterocycles. The number of H-pyrrole nitrogens is 1. The van der Waals surface area contributed by atoms with Gasteiger partial charge in [0.15, 0.2) is 5.65 Å². The van der Waals surface area contributed by atoms with Gasteiger partial charge in [0, 0.05) is 44.9 Å². The van der Waals surface area contributed by atoms with Crippen LogP contribution in [0, 0.1) is 10.1 Å². The fourth-order valence-electron chi connectivity index (χ4n) is 3.15. The summed E-state index contributed by atoms with van der Waals surface area (Å²) in [4.78, 5) is 23.6. The van der Waals surface area contributed by atoms with Gasteiger partial charge in [-0.3, -0.25) is 20.1 Å². The normalized spacial score (nSPS) is 15.6. The van der Waals surface area contributed by atoms with Gasteiger partial charge in [-0.1, -0.05) is 12.1 Å². The summed E-state index contributed by atoms with van der Waals surface area (Å²) in [6.45, 7) is 4.12. The van der Waals surface area contributed by atoms with Crippen molar-refractivity contribution in [3.63, 3.8) is 0 Å². The number of benzene rings is 1. The molecular weight excluding hydrogens is 322 g/mol. The highest BCUT2D eigenvalue weighted by atomic mass is 16.6. The highest BCUT2D eigenvalue weighted by molar-refractivity contribution is 5.86. The van der Waals surface area contributed by atoms with E-state index in [1.807, 2.05) is 6.07 Å². The molecule has 0 bridgehead atoms. The Balaban J connectivity index is 1.42. The van der Waals surface area contributed by atoms with Crippen LogP contribution < -0.4 is 4.90 Å². The van der Waals surface area contributed by atoms with Crippen LogP contribution in [0.15, 0.2) is 36.8 Å². The second kappa shape index (κ2) is 6.44. The predicted molar refractivity (Wildman–Crippen MR) is 92.3 cm³/mol. The molecule has 9 nitrogen and oxygen atoms in total. The van der Waals surface area contributed by atoms with E-state index >= 15 is 0 Å². The summed E-state index contributed by atoms with van der Waals surface area (Å²) >= 11 is 0. The smallest absolute Gasteiger partial charge is 0.269 e. The van der Waals surface area contributed by atoms with Gasteiger partial charge >= 0.3 is 0 Å². The lowest BCUT2D eigenvalue weighted by Crippen LogP contribution is -2.46. The number of non-ortho nitro benzene ring substituents is 1. The van der Waals surface area contributed by atoms with Gasteiger partial charge in [0.05, 0.1) is 16.5 Å². The number of fused-ring (bicyclic) bond motifs is 1. The minimum Gasteiger partial charge on any atom is -0.353 e. The zero-order chi connectivity index (χ0) is 17.2. The first-order chi connectivity index (χ1) is 12.2. The fraction of sp³-hybridized carbons (Fsp3) is 0.312. The van der Waals surface area contributed by atoms with Gasteiger partial charge in [-0.15, -0.1) is 0 Å². The van der Waals surface area contributed by atoms with E-state index in [9.17, 15) is 10.1 Å². The Morgan fingerprint density at radius 3 is 2.84 bits per heavy atom. The zero-order valence-corrected chi connectivity index (χ0v) is 13.5. The van der Waals surface area contributed by atoms with Gasteiger partial charge in [-0.2, -0.15) is 5.10 Å². The van der Waals surface area contributed by atoms with Crippen LogP contribution in [-0.4, -0.2) is 56.2 Å². The molecule has 4 rings (SSSR count). The van der Waals surface area contributed by atoms with Crippen LogP contribution in [0.4, 0.5) is 11.5 Å². The molecule has 1 aliphatic heterocycles. The van der Waals surface area contributed by atoms with E-state index in [2.05, 4.69) is 30.0 Å². The van der Waals surface area contributed by atoms with E-state index in [0.717, 1.165) is 48.6 Å². The third-order valence-corrected chi connectivity index (χ3v) is 4.43. The Hall–Kier alpha value is -3.07. The first kappa shape index (κ1) is 15.5. The van der Waals surface area contributed by atoms with Crippen LogP contribution in [0.2, 0.25) is 0 Å². The van der Waals surface area contributed by atoms with Crippen molar-refractivity contribution in [1.82, 2.24) is 25.1 Å². The SMILES string of the molecule is O=[N+]([O-])c1cccc(CN2CCN(c3ncnc4[nH]ncc34)CC2)c1. The molecule has 25 heavy (non-hydrogen) atoms. The number of hydrogen-bond acceptors (Lipinski definition) is 7. The largest absolute Gasteiger partial charge is 0.353 e. The molecule has 0 amide bonds. The highest BCUT2D eigenvalue weighted by Crippen LogP contribution is 2.23. The monoisotopic (exact) mass is 339 g/mol. The maximum atomic E-state index is 10.9. The number of nitrogens with one attached hydrogen (secondary N) is 1. The summed E-state index contributed by atoms with van der Waals surface area (Å²) in [5.74, 6) is 0.897. The van der Waals surface area contributed by atoms with E-state index in [4.69, 9.17) is 0 Å². The predicted octanol–water partition coefficient (Wildman–Crippen LogP) is 1.58. The Bertz CT molecular complexity index is 902. The first-order valence-corrected chi connectivity index (χ1v) is 8.05. The first-order valence-electron chi connectivity index (χ1n) is 8.05. The lowest BCUT2D eigenvalue weighted by molar-refractivity contribution is -0.384. The Morgan fingerprint density at radius 2 is 2.04 bits per heavy atom. The van der Waals surface area contributed by atoms with Crippen LogP contribution in [0.3, 0.4) is 0 Å². The van der Waals surface area contributed by atoms with Gasteiger partial charge in [0.25, 0.3) is 5.69 Å². The number of nitro groups is 1. The van der Waals surface area contributed by atoms with Crippen molar-refractivity contribution < 1.29 is 4.92 Å². The Kier molecular flexibility index (Phi) is 3.98. The van der Waals surface area contributed by atoms with E-state index in [-0.39, 0.29) is 10.6 Å². The molecule has 0 saturated carbocycles. The summed E-state index contributed by atoms with van der Waals surface area (Å²) in [6, 6.07) is 6.83. The number of anilines is 1. The Morgan fingerprint density at radius 1 is 1.20 bits per heavy atom. The summed E-state index contributed by atoms with van der Waals surface area (Å²) < 4.78 is 0. The van der Waals surface area contributed by atoms with E-state index in [1.54, 1.807) is 24.7 Å². The molecule has 3 aromatic rings. The molecule has 0 atom stereocenters. The van der Waals surface area contributed by atoms with Crippen molar-refractivity contribution in [2.24, 2.45) is 0 Å². The molecular formula is C16H17N7O2. The molecule has 1 fully saturated rings. The summed E-state index contributed by atoms with van der Waals surface area (Å²) in [5, 5.41) is 18.7. The lowest BCUT2D eigenvalue weighted by Gasteiger charge is -2.35. The van der Waals surface area contributed by atoms with Gasteiger partial charge < -0.3 is 4.90 Å². The second-order valence-corrected chi connectivity index (χ2v) is 6.02. The minimum atomic E-state index is -0.354. The molecule has 128 valence electrons. The molecule has 0 spiro atoms. The van der Waals surface area contributed by atoms with Crippen molar-refractivity contribution in [3.05, 3.63) is 52.5 Å². The van der Waals surface area contributed by atoms with Crippen LogP contribution >= 0.6 is 0 Å². The highest BCUT2D eigenvalue weighted by Gasteiger charge is 2.21. The molecule has 9 heteroatoms. The standard InChI is InChI=1S/C16H17N7O2/c24-23(25)13-3-1-2-12(8-13)10-21-4-6-22(7-5-21)16-14-9-19-20-15(14)17-11-18-16/h1-3,8-9,11H,4-7,10H2,(H,17,18,19,20). The number of hydrogen-bond donors (Lipinski definition) is 1. The molecule has 1 aliphatic rings. The third-order valence-electron chi connectivity index (χ3n) is 4.43. The van der Waals surface area contributed by atoms with Crippen LogP contribution in [0.5, 0.6) is 0 Å². The molecule has 0 aliphatic carbocycles. The molecule has 0 radical (unpaired) electrons. The van der Waals surface area contributed by atoms with Crippen LogP contribution in [0.1, 0.15) is 5.56 Å². The maximum Gasteiger partial charge on any atom is 0.269 e. The molecule has 1 saturated heterocycles. The molecule has 3 heterocycles. The van der Waals surface area contributed by atoms with Crippen molar-refractivity contribution in [1.29, 1.82) is 0 Å². The van der Waals surface area contributed by atoms with E-state index < -0.39 is 0 Å². The summed E-state index contributed by atoms with van der Waals surface area (Å²) in [6.07, 6.45) is 3.30. The quantitative estimate of drug-likeness (QED) is 0.568. The lowest BCUT2D eigenvalue weighted by atomic mass is 10.1. The van der Waals surface area contributed by atoms with Gasteiger partial charge in [-0.05, 0) is 5.56 Å². The van der Waals surface area contributed by atoms with Crippen LogP contribution in [-0.2, 0) is 6.54 Å². The number of aromatic nitrogens is 4. The van der Waals surface area contributed by atoms with Crippen molar-refractivity contribution >= 4 is 22.5 Å². The average Bonchev–Trinajstić information content (AvgIpc) is 3.11. The molecule has 0 unspecified atom stereocenters. The van der Waals surface area contributed by atoms with Crippen molar-refractivity contribution in [3.8, 4) is 0 Å². The maximum absolute atomic E-state index is 10.9. The van der Waals surface area contributed by atoms with Crippen molar-refractivity contribution in [2.75, 3.05) is 31.1 Å². The number of rotatable bonds is 4. The summed E-state index contributed by atoms with van der Waals surface area (Å²) in [5.41, 5.74) is 1.84. The van der Waals surface area contributed by atoms with Crippen LogP contribution in [0.25, 0.3) is 11.0 Å². The van der Waals surface area contributed by atoms with E-state index in [1.165, 1.54) is 6.07 Å².